The molecule has 2 nitrogen and oxygen atoms in total. The number of carbonyl (C=O) groups excluding carboxylic acids is 1. The summed E-state index contributed by atoms with van der Waals surface area (Å²) in [4.78, 5) is 11.0. The molecule has 1 aliphatic heterocycles. The number of hydrogen-bond donors (Lipinski definition) is 1. The SMILES string of the molecule is CCC1(c2ccc(Br)cc2)CC(=O)N1. The third kappa shape index (κ3) is 1.46. The van der Waals surface area contributed by atoms with Crippen molar-refractivity contribution in [3.8, 4) is 0 Å². The Labute approximate surface area is 91.8 Å². The maximum absolute atomic E-state index is 11.0. The van der Waals surface area contributed by atoms with E-state index in [1.807, 2.05) is 12.1 Å². The highest BCUT2D eigenvalue weighted by Gasteiger charge is 2.42. The zero-order chi connectivity index (χ0) is 10.2. The van der Waals surface area contributed by atoms with Crippen LogP contribution < -0.4 is 5.32 Å². The molecule has 0 bridgehead atoms. The largest absolute Gasteiger partial charge is 0.346 e. The van der Waals surface area contributed by atoms with Gasteiger partial charge in [0.25, 0.3) is 0 Å². The van der Waals surface area contributed by atoms with E-state index in [0.29, 0.717) is 6.42 Å². The van der Waals surface area contributed by atoms with Gasteiger partial charge >= 0.3 is 0 Å². The number of benzene rings is 1. The molecule has 14 heavy (non-hydrogen) atoms. The third-order valence-corrected chi connectivity index (χ3v) is 3.37. The fraction of sp³-hybridized carbons (Fsp3) is 0.364. The molecule has 0 aromatic heterocycles. The highest BCUT2D eigenvalue weighted by Crippen LogP contribution is 2.35. The summed E-state index contributed by atoms with van der Waals surface area (Å²) in [5.74, 6) is 0.148. The van der Waals surface area contributed by atoms with Crippen LogP contribution in [0.5, 0.6) is 0 Å². The van der Waals surface area contributed by atoms with Gasteiger partial charge in [0.15, 0.2) is 0 Å². The first-order chi connectivity index (χ1) is 6.66. The van der Waals surface area contributed by atoms with Gasteiger partial charge in [-0.15, -0.1) is 0 Å². The lowest BCUT2D eigenvalue weighted by atomic mass is 9.78. The Kier molecular flexibility index (Phi) is 2.35. The Morgan fingerprint density at radius 3 is 2.43 bits per heavy atom. The summed E-state index contributed by atoms with van der Waals surface area (Å²) in [6.45, 7) is 2.10. The fourth-order valence-electron chi connectivity index (χ4n) is 1.88. The van der Waals surface area contributed by atoms with Gasteiger partial charge in [0.2, 0.25) is 5.91 Å². The van der Waals surface area contributed by atoms with Crippen LogP contribution in [0.4, 0.5) is 0 Å². The van der Waals surface area contributed by atoms with E-state index in [-0.39, 0.29) is 11.4 Å². The van der Waals surface area contributed by atoms with E-state index in [1.165, 1.54) is 5.56 Å². The molecule has 74 valence electrons. The number of rotatable bonds is 2. The first kappa shape index (κ1) is 9.71. The molecule has 0 saturated carbocycles. The highest BCUT2D eigenvalue weighted by molar-refractivity contribution is 9.10. The normalized spacial score (nSPS) is 25.4. The van der Waals surface area contributed by atoms with Crippen molar-refractivity contribution >= 4 is 21.8 Å². The molecule has 1 amide bonds. The maximum Gasteiger partial charge on any atom is 0.223 e. The van der Waals surface area contributed by atoms with E-state index in [2.05, 4.69) is 40.3 Å². The summed E-state index contributed by atoms with van der Waals surface area (Å²) in [5, 5.41) is 2.99. The molecule has 1 aromatic rings. The topological polar surface area (TPSA) is 29.1 Å². The van der Waals surface area contributed by atoms with Crippen LogP contribution in [-0.2, 0) is 10.3 Å². The molecule has 0 spiro atoms. The lowest BCUT2D eigenvalue weighted by Crippen LogP contribution is -2.57. The summed E-state index contributed by atoms with van der Waals surface area (Å²) < 4.78 is 1.07. The van der Waals surface area contributed by atoms with Gasteiger partial charge in [-0.2, -0.15) is 0 Å². The quantitative estimate of drug-likeness (QED) is 0.807. The average molecular weight is 254 g/mol. The maximum atomic E-state index is 11.0. The Hall–Kier alpha value is -0.830. The molecule has 1 fully saturated rings. The van der Waals surface area contributed by atoms with E-state index in [0.717, 1.165) is 10.9 Å². The average Bonchev–Trinajstić information content (AvgIpc) is 2.14. The van der Waals surface area contributed by atoms with Crippen molar-refractivity contribution in [2.24, 2.45) is 0 Å². The highest BCUT2D eigenvalue weighted by atomic mass is 79.9. The molecule has 1 heterocycles. The van der Waals surface area contributed by atoms with Crippen LogP contribution in [-0.4, -0.2) is 5.91 Å². The van der Waals surface area contributed by atoms with Gasteiger partial charge in [-0.25, -0.2) is 0 Å². The summed E-state index contributed by atoms with van der Waals surface area (Å²) >= 11 is 3.40. The molecule has 1 atom stereocenters. The molecule has 3 heteroatoms. The molecule has 1 aromatic carbocycles. The summed E-state index contributed by atoms with van der Waals surface area (Å²) in [6.07, 6.45) is 1.56. The van der Waals surface area contributed by atoms with Crippen molar-refractivity contribution in [3.63, 3.8) is 0 Å². The second-order valence-electron chi connectivity index (χ2n) is 3.67. The van der Waals surface area contributed by atoms with Crippen molar-refractivity contribution in [2.45, 2.75) is 25.3 Å². The standard InChI is InChI=1S/C11H12BrNO/c1-2-11(7-10(14)13-11)8-3-5-9(12)6-4-8/h3-6H,2,7H2,1H3,(H,13,14). The summed E-state index contributed by atoms with van der Waals surface area (Å²) in [6, 6.07) is 8.15. The van der Waals surface area contributed by atoms with E-state index in [1.54, 1.807) is 0 Å². The molecule has 1 unspecified atom stereocenters. The molecule has 1 saturated heterocycles. The van der Waals surface area contributed by atoms with Crippen LogP contribution in [0.25, 0.3) is 0 Å². The number of hydrogen-bond acceptors (Lipinski definition) is 1. The van der Waals surface area contributed by atoms with E-state index in [9.17, 15) is 4.79 Å². The monoisotopic (exact) mass is 253 g/mol. The lowest BCUT2D eigenvalue weighted by Gasteiger charge is -2.42. The Morgan fingerprint density at radius 1 is 1.43 bits per heavy atom. The molecule has 1 aliphatic rings. The lowest BCUT2D eigenvalue weighted by molar-refractivity contribution is -0.133. The van der Waals surface area contributed by atoms with E-state index in [4.69, 9.17) is 0 Å². The molecule has 2 rings (SSSR count). The number of carbonyl (C=O) groups is 1. The predicted molar refractivity (Wildman–Crippen MR) is 58.9 cm³/mol. The Bertz CT molecular complexity index is 350. The summed E-state index contributed by atoms with van der Waals surface area (Å²) in [7, 11) is 0. The number of amides is 1. The van der Waals surface area contributed by atoms with Crippen LogP contribution in [0.15, 0.2) is 28.7 Å². The number of halogens is 1. The van der Waals surface area contributed by atoms with Gasteiger partial charge in [-0.05, 0) is 24.1 Å². The first-order valence-electron chi connectivity index (χ1n) is 4.73. The minimum absolute atomic E-state index is 0.0994. The van der Waals surface area contributed by atoms with Crippen LogP contribution in [0, 0.1) is 0 Å². The minimum Gasteiger partial charge on any atom is -0.346 e. The van der Waals surface area contributed by atoms with Crippen molar-refractivity contribution in [1.82, 2.24) is 5.32 Å². The second kappa shape index (κ2) is 3.39. The molecule has 0 aliphatic carbocycles. The van der Waals surface area contributed by atoms with Crippen LogP contribution in [0.1, 0.15) is 25.3 Å². The Balaban J connectivity index is 2.29. The minimum atomic E-state index is -0.0994. The van der Waals surface area contributed by atoms with Crippen molar-refractivity contribution in [3.05, 3.63) is 34.3 Å². The molecular weight excluding hydrogens is 242 g/mol. The first-order valence-corrected chi connectivity index (χ1v) is 5.53. The fourth-order valence-corrected chi connectivity index (χ4v) is 2.15. The third-order valence-electron chi connectivity index (χ3n) is 2.84. The van der Waals surface area contributed by atoms with Crippen molar-refractivity contribution < 1.29 is 4.79 Å². The van der Waals surface area contributed by atoms with Gasteiger partial charge in [0.05, 0.1) is 12.0 Å². The van der Waals surface area contributed by atoms with Gasteiger partial charge in [0, 0.05) is 4.47 Å². The smallest absolute Gasteiger partial charge is 0.223 e. The van der Waals surface area contributed by atoms with E-state index < -0.39 is 0 Å². The predicted octanol–water partition coefficient (Wildman–Crippen LogP) is 2.57. The van der Waals surface area contributed by atoms with Gasteiger partial charge in [0.1, 0.15) is 0 Å². The zero-order valence-corrected chi connectivity index (χ0v) is 9.60. The zero-order valence-electron chi connectivity index (χ0n) is 8.01. The van der Waals surface area contributed by atoms with Crippen LogP contribution >= 0.6 is 15.9 Å². The van der Waals surface area contributed by atoms with Gasteiger partial charge < -0.3 is 5.32 Å². The summed E-state index contributed by atoms with van der Waals surface area (Å²) in [5.41, 5.74) is 1.10. The van der Waals surface area contributed by atoms with E-state index >= 15 is 0 Å². The number of nitrogens with one attached hydrogen (secondary N) is 1. The van der Waals surface area contributed by atoms with Crippen molar-refractivity contribution in [2.75, 3.05) is 0 Å². The van der Waals surface area contributed by atoms with Crippen LogP contribution in [0.3, 0.4) is 0 Å². The Morgan fingerprint density at radius 2 is 2.00 bits per heavy atom. The molecule has 1 N–H and O–H groups in total. The van der Waals surface area contributed by atoms with Gasteiger partial charge in [-0.3, -0.25) is 4.79 Å². The molecule has 0 radical (unpaired) electrons. The van der Waals surface area contributed by atoms with Crippen molar-refractivity contribution in [1.29, 1.82) is 0 Å². The second-order valence-corrected chi connectivity index (χ2v) is 4.58. The number of β-lactam (4-membered cyclic amide) rings is 1. The van der Waals surface area contributed by atoms with Gasteiger partial charge in [-0.1, -0.05) is 35.0 Å². The van der Waals surface area contributed by atoms with Crippen LogP contribution in [0.2, 0.25) is 0 Å². The molecular formula is C11H12BrNO.